The van der Waals surface area contributed by atoms with Crippen molar-refractivity contribution in [1.82, 2.24) is 0 Å². The fourth-order valence-electron chi connectivity index (χ4n) is 2.85. The molecule has 2 aromatic carbocycles. The van der Waals surface area contributed by atoms with Crippen LogP contribution in [0.5, 0.6) is 5.75 Å². The fourth-order valence-corrected chi connectivity index (χ4v) is 2.85. The van der Waals surface area contributed by atoms with Crippen LogP contribution in [0.1, 0.15) is 38.8 Å². The summed E-state index contributed by atoms with van der Waals surface area (Å²) in [5, 5.41) is 0. The van der Waals surface area contributed by atoms with Gasteiger partial charge in [0, 0.05) is 11.0 Å². The molecule has 0 N–H and O–H groups in total. The lowest BCUT2D eigenvalue weighted by molar-refractivity contribution is -0.138. The summed E-state index contributed by atoms with van der Waals surface area (Å²) < 4.78 is 57.3. The van der Waals surface area contributed by atoms with Crippen LogP contribution in [0.25, 0.3) is 0 Å². The number of alkyl halides is 3. The van der Waals surface area contributed by atoms with Crippen LogP contribution < -0.4 is 10.2 Å². The Hall–Kier alpha value is -1.99. The van der Waals surface area contributed by atoms with Gasteiger partial charge in [-0.2, -0.15) is 13.2 Å². The Bertz CT molecular complexity index is 802. The van der Waals surface area contributed by atoms with Gasteiger partial charge in [0.15, 0.2) is 0 Å². The summed E-state index contributed by atoms with van der Waals surface area (Å²) in [7, 11) is -0.649. The van der Waals surface area contributed by atoms with E-state index in [9.17, 15) is 13.2 Å². The van der Waals surface area contributed by atoms with Crippen LogP contribution >= 0.6 is 0 Å². The minimum absolute atomic E-state index is 0.0775. The predicted molar refractivity (Wildman–Crippen MR) is 97.9 cm³/mol. The van der Waals surface area contributed by atoms with E-state index in [0.29, 0.717) is 11.2 Å². The van der Waals surface area contributed by atoms with Gasteiger partial charge in [-0.3, -0.25) is 0 Å². The summed E-state index contributed by atoms with van der Waals surface area (Å²) in [6.07, 6.45) is -4.43. The molecule has 1 aliphatic heterocycles. The van der Waals surface area contributed by atoms with E-state index in [1.807, 2.05) is 33.8 Å². The van der Waals surface area contributed by atoms with Gasteiger partial charge in [0.2, 0.25) is 0 Å². The largest absolute Gasteiger partial charge is 0.498 e. The average molecular weight is 378 g/mol. The predicted octanol–water partition coefficient (Wildman–Crippen LogP) is 4.58. The quantitative estimate of drug-likeness (QED) is 0.729. The molecule has 1 saturated heterocycles. The van der Waals surface area contributed by atoms with Crippen molar-refractivity contribution < 1.29 is 27.2 Å². The molecule has 0 unspecified atom stereocenters. The highest BCUT2D eigenvalue weighted by molar-refractivity contribution is 6.63. The highest BCUT2D eigenvalue weighted by Gasteiger charge is 2.52. The molecule has 0 saturated carbocycles. The molecule has 0 radical (unpaired) electrons. The maximum absolute atomic E-state index is 13.2. The molecule has 1 fully saturated rings. The third-order valence-corrected chi connectivity index (χ3v) is 5.13. The number of benzene rings is 2. The molecule has 27 heavy (non-hydrogen) atoms. The first-order valence-electron chi connectivity index (χ1n) is 8.74. The molecule has 144 valence electrons. The third kappa shape index (κ3) is 3.99. The third-order valence-electron chi connectivity index (χ3n) is 5.13. The van der Waals surface area contributed by atoms with Crippen LogP contribution in [0.15, 0.2) is 48.5 Å². The van der Waals surface area contributed by atoms with Gasteiger partial charge < -0.3 is 14.0 Å². The molecule has 0 aromatic heterocycles. The summed E-state index contributed by atoms with van der Waals surface area (Å²) in [4.78, 5) is 0. The van der Waals surface area contributed by atoms with Crippen molar-refractivity contribution >= 4 is 12.6 Å². The van der Waals surface area contributed by atoms with Crippen molar-refractivity contribution in [3.63, 3.8) is 0 Å². The van der Waals surface area contributed by atoms with Crippen LogP contribution in [-0.4, -0.2) is 18.3 Å². The summed E-state index contributed by atoms with van der Waals surface area (Å²) in [5.41, 5.74) is -1.01. The second-order valence-corrected chi connectivity index (χ2v) is 7.57. The second-order valence-electron chi connectivity index (χ2n) is 7.57. The smallest absolute Gasteiger partial charge is 0.489 e. The van der Waals surface area contributed by atoms with Crippen molar-refractivity contribution in [3.8, 4) is 5.75 Å². The van der Waals surface area contributed by atoms with E-state index in [1.54, 1.807) is 24.3 Å². The maximum Gasteiger partial charge on any atom is 0.498 e. The first kappa shape index (κ1) is 19.8. The average Bonchev–Trinajstić information content (AvgIpc) is 2.80. The van der Waals surface area contributed by atoms with E-state index in [0.717, 1.165) is 6.07 Å². The lowest BCUT2D eigenvalue weighted by Gasteiger charge is -2.32. The number of hydrogen-bond donors (Lipinski definition) is 0. The van der Waals surface area contributed by atoms with Gasteiger partial charge >= 0.3 is 13.3 Å². The van der Waals surface area contributed by atoms with E-state index >= 15 is 0 Å². The fraction of sp³-hybridized carbons (Fsp3) is 0.400. The van der Waals surface area contributed by atoms with Crippen LogP contribution in [0.3, 0.4) is 0 Å². The highest BCUT2D eigenvalue weighted by atomic mass is 19.4. The molecule has 2 aromatic rings. The number of para-hydroxylation sites is 1. The molecule has 3 rings (SSSR count). The summed E-state index contributed by atoms with van der Waals surface area (Å²) in [6.45, 7) is 7.56. The van der Waals surface area contributed by atoms with Crippen LogP contribution in [0.4, 0.5) is 13.2 Å². The zero-order valence-corrected chi connectivity index (χ0v) is 15.8. The molecule has 1 heterocycles. The molecule has 0 atom stereocenters. The van der Waals surface area contributed by atoms with Crippen molar-refractivity contribution in [1.29, 1.82) is 0 Å². The minimum atomic E-state index is -4.43. The van der Waals surface area contributed by atoms with E-state index in [4.69, 9.17) is 14.0 Å². The van der Waals surface area contributed by atoms with E-state index < -0.39 is 30.1 Å². The summed E-state index contributed by atoms with van der Waals surface area (Å²) >= 11 is 0. The number of hydrogen-bond acceptors (Lipinski definition) is 3. The molecule has 0 bridgehead atoms. The maximum atomic E-state index is 13.2. The van der Waals surface area contributed by atoms with E-state index in [2.05, 4.69) is 0 Å². The number of ether oxygens (including phenoxy) is 1. The zero-order valence-electron chi connectivity index (χ0n) is 15.8. The molecular weight excluding hydrogens is 356 g/mol. The highest BCUT2D eigenvalue weighted by Crippen LogP contribution is 2.37. The minimum Gasteiger partial charge on any atom is -0.489 e. The number of rotatable bonds is 4. The molecule has 1 aliphatic rings. The Balaban J connectivity index is 1.83. The first-order chi connectivity index (χ1) is 12.5. The Kier molecular flexibility index (Phi) is 5.03. The Morgan fingerprint density at radius 1 is 0.889 bits per heavy atom. The number of halogens is 3. The van der Waals surface area contributed by atoms with Gasteiger partial charge in [-0.1, -0.05) is 36.4 Å². The van der Waals surface area contributed by atoms with Gasteiger partial charge in [-0.25, -0.2) is 0 Å². The topological polar surface area (TPSA) is 27.7 Å². The molecule has 3 nitrogen and oxygen atoms in total. The van der Waals surface area contributed by atoms with Crippen LogP contribution in [0.2, 0.25) is 0 Å². The van der Waals surface area contributed by atoms with Crippen LogP contribution in [-0.2, 0) is 22.1 Å². The van der Waals surface area contributed by atoms with Gasteiger partial charge in [0.1, 0.15) is 12.4 Å². The first-order valence-corrected chi connectivity index (χ1v) is 8.74. The SMILES string of the molecule is CC1(C)OB(c2ccccc2OCc2ccccc2C(F)(F)F)OC1(C)C. The summed E-state index contributed by atoms with van der Waals surface area (Å²) in [6, 6.07) is 12.5. The summed E-state index contributed by atoms with van der Waals surface area (Å²) in [5.74, 6) is 0.438. The lowest BCUT2D eigenvalue weighted by Crippen LogP contribution is -2.41. The standard InChI is InChI=1S/C20H22BF3O3/c1-18(2)19(3,4)27-21(26-18)16-11-7-8-12-17(16)25-13-14-9-5-6-10-15(14)20(22,23)24/h5-12H,13H2,1-4H3. The monoisotopic (exact) mass is 378 g/mol. The Morgan fingerprint density at radius 2 is 1.44 bits per heavy atom. The molecule has 0 aliphatic carbocycles. The molecule has 0 spiro atoms. The second kappa shape index (κ2) is 6.87. The van der Waals surface area contributed by atoms with Crippen molar-refractivity contribution in [3.05, 3.63) is 59.7 Å². The molecule has 0 amide bonds. The van der Waals surface area contributed by atoms with Gasteiger partial charge in [-0.15, -0.1) is 0 Å². The molecular formula is C20H22BF3O3. The Labute approximate surface area is 157 Å². The van der Waals surface area contributed by atoms with Crippen molar-refractivity contribution in [2.24, 2.45) is 0 Å². The Morgan fingerprint density at radius 3 is 2.07 bits per heavy atom. The van der Waals surface area contributed by atoms with Crippen molar-refractivity contribution in [2.75, 3.05) is 0 Å². The zero-order chi connectivity index (χ0) is 19.9. The van der Waals surface area contributed by atoms with Gasteiger partial charge in [0.25, 0.3) is 0 Å². The van der Waals surface area contributed by atoms with E-state index in [1.165, 1.54) is 12.1 Å². The van der Waals surface area contributed by atoms with E-state index in [-0.39, 0.29) is 12.2 Å². The van der Waals surface area contributed by atoms with Crippen LogP contribution in [0, 0.1) is 0 Å². The normalized spacial score (nSPS) is 18.6. The lowest BCUT2D eigenvalue weighted by atomic mass is 9.78. The van der Waals surface area contributed by atoms with Gasteiger partial charge in [0.05, 0.1) is 16.8 Å². The van der Waals surface area contributed by atoms with Gasteiger partial charge in [-0.05, 0) is 39.8 Å². The molecule has 7 heteroatoms. The van der Waals surface area contributed by atoms with Crippen molar-refractivity contribution in [2.45, 2.75) is 51.7 Å².